The van der Waals surface area contributed by atoms with Crippen molar-refractivity contribution >= 4 is 46.9 Å². The second-order valence-corrected chi connectivity index (χ2v) is 10.6. The van der Waals surface area contributed by atoms with Crippen molar-refractivity contribution in [3.8, 4) is 11.5 Å². The molecule has 0 bridgehead atoms. The number of ether oxygens (including phenoxy) is 2. The third-order valence-electron chi connectivity index (χ3n) is 6.19. The van der Waals surface area contributed by atoms with Crippen LogP contribution in [0.2, 0.25) is 0 Å². The van der Waals surface area contributed by atoms with Crippen molar-refractivity contribution < 1.29 is 28.2 Å². The Morgan fingerprint density at radius 3 is 2.21 bits per heavy atom. The molecule has 0 aromatic heterocycles. The first-order chi connectivity index (χ1) is 20.8. The van der Waals surface area contributed by atoms with Gasteiger partial charge in [-0.05, 0) is 67.6 Å². The zero-order valence-electron chi connectivity index (χ0n) is 23.7. The number of thioether (sulfide) groups is 1. The Morgan fingerprint density at radius 1 is 0.837 bits per heavy atom. The third-order valence-corrected chi connectivity index (χ3v) is 7.30. The van der Waals surface area contributed by atoms with Gasteiger partial charge in [-0.25, -0.2) is 4.39 Å². The molecule has 0 heterocycles. The van der Waals surface area contributed by atoms with Crippen molar-refractivity contribution in [1.29, 1.82) is 0 Å². The minimum atomic E-state index is -0.632. The maximum atomic E-state index is 14.4. The zero-order chi connectivity index (χ0) is 30.8. The maximum absolute atomic E-state index is 14.4. The Bertz CT molecular complexity index is 1630. The third kappa shape index (κ3) is 8.46. The Kier molecular flexibility index (Phi) is 10.5. The summed E-state index contributed by atoms with van der Waals surface area (Å²) in [5.41, 5.74) is 1.30. The zero-order valence-corrected chi connectivity index (χ0v) is 24.5. The number of hydrogen-bond donors (Lipinski definition) is 3. The number of halogens is 1. The van der Waals surface area contributed by atoms with Crippen LogP contribution in [0, 0.1) is 5.82 Å². The summed E-state index contributed by atoms with van der Waals surface area (Å²) in [6.45, 7) is 1.78. The van der Waals surface area contributed by atoms with Crippen LogP contribution >= 0.6 is 11.8 Å². The summed E-state index contributed by atoms with van der Waals surface area (Å²) < 4.78 is 24.9. The van der Waals surface area contributed by atoms with Gasteiger partial charge in [-0.1, -0.05) is 36.4 Å². The van der Waals surface area contributed by atoms with Crippen LogP contribution in [-0.2, 0) is 9.59 Å². The molecule has 4 aromatic carbocycles. The minimum absolute atomic E-state index is 0.129. The number of methoxy groups -OCH3 is 2. The summed E-state index contributed by atoms with van der Waals surface area (Å²) in [5.74, 6) is -0.815. The lowest BCUT2D eigenvalue weighted by molar-refractivity contribution is -0.115. The minimum Gasteiger partial charge on any atom is -0.497 e. The molecule has 1 unspecified atom stereocenters. The number of anilines is 2. The normalized spacial score (nSPS) is 11.7. The van der Waals surface area contributed by atoms with E-state index in [-0.39, 0.29) is 17.2 Å². The van der Waals surface area contributed by atoms with Gasteiger partial charge in [0.2, 0.25) is 5.91 Å². The molecule has 0 aliphatic rings. The van der Waals surface area contributed by atoms with Gasteiger partial charge in [0, 0.05) is 27.8 Å². The molecule has 220 valence electrons. The summed E-state index contributed by atoms with van der Waals surface area (Å²) >= 11 is 1.33. The first-order valence-electron chi connectivity index (χ1n) is 13.2. The Morgan fingerprint density at radius 2 is 1.53 bits per heavy atom. The molecule has 4 aromatic rings. The molecule has 4 rings (SSSR count). The second-order valence-electron chi connectivity index (χ2n) is 9.19. The number of carbonyl (C=O) groups is 3. The number of rotatable bonds is 11. The first kappa shape index (κ1) is 30.9. The van der Waals surface area contributed by atoms with Crippen LogP contribution in [0.25, 0.3) is 6.08 Å². The van der Waals surface area contributed by atoms with E-state index < -0.39 is 22.9 Å². The van der Waals surface area contributed by atoms with E-state index in [1.807, 2.05) is 0 Å². The molecule has 0 spiro atoms. The number of amides is 3. The van der Waals surface area contributed by atoms with Crippen LogP contribution < -0.4 is 25.4 Å². The standard InChI is InChI=1S/C33H30FN3O5S/c1-21(31(38)36-28-20-25(41-2)15-18-30(28)42-3)43-26-16-13-24(14-17-26)35-33(40)29(19-23-11-7-8-12-27(23)34)37-32(39)22-9-5-4-6-10-22/h4-21H,1-3H3,(H,35,40)(H,36,38)(H,37,39)/b29-19-. The highest BCUT2D eigenvalue weighted by atomic mass is 32.2. The van der Waals surface area contributed by atoms with E-state index in [0.29, 0.717) is 28.4 Å². The van der Waals surface area contributed by atoms with E-state index in [4.69, 9.17) is 9.47 Å². The summed E-state index contributed by atoms with van der Waals surface area (Å²) in [6, 6.07) is 26.4. The molecule has 1 atom stereocenters. The van der Waals surface area contributed by atoms with E-state index >= 15 is 0 Å². The highest BCUT2D eigenvalue weighted by Crippen LogP contribution is 2.31. The fourth-order valence-corrected chi connectivity index (χ4v) is 4.78. The van der Waals surface area contributed by atoms with E-state index in [1.165, 1.54) is 43.1 Å². The van der Waals surface area contributed by atoms with Crippen LogP contribution in [0.3, 0.4) is 0 Å². The highest BCUT2D eigenvalue weighted by Gasteiger charge is 2.18. The van der Waals surface area contributed by atoms with Gasteiger partial charge in [0.25, 0.3) is 11.8 Å². The largest absolute Gasteiger partial charge is 0.497 e. The smallest absolute Gasteiger partial charge is 0.272 e. The van der Waals surface area contributed by atoms with Gasteiger partial charge in [0.05, 0.1) is 25.2 Å². The van der Waals surface area contributed by atoms with Gasteiger partial charge in [0.15, 0.2) is 0 Å². The van der Waals surface area contributed by atoms with E-state index in [0.717, 1.165) is 4.90 Å². The summed E-state index contributed by atoms with van der Waals surface area (Å²) in [4.78, 5) is 39.7. The molecule has 8 nitrogen and oxygen atoms in total. The molecule has 0 fully saturated rings. The molecule has 0 aliphatic heterocycles. The van der Waals surface area contributed by atoms with Crippen molar-refractivity contribution in [3.05, 3.63) is 120 Å². The van der Waals surface area contributed by atoms with Crippen LogP contribution in [0.5, 0.6) is 11.5 Å². The maximum Gasteiger partial charge on any atom is 0.272 e. The van der Waals surface area contributed by atoms with E-state index in [1.54, 1.807) is 92.9 Å². The predicted octanol–water partition coefficient (Wildman–Crippen LogP) is 6.37. The average Bonchev–Trinajstić information content (AvgIpc) is 3.02. The molecular weight excluding hydrogens is 569 g/mol. The molecule has 3 N–H and O–H groups in total. The molecule has 3 amide bonds. The van der Waals surface area contributed by atoms with Gasteiger partial charge >= 0.3 is 0 Å². The molecule has 0 saturated carbocycles. The van der Waals surface area contributed by atoms with Crippen LogP contribution in [-0.4, -0.2) is 37.2 Å². The van der Waals surface area contributed by atoms with Crippen LogP contribution in [0.15, 0.2) is 108 Å². The monoisotopic (exact) mass is 599 g/mol. The summed E-state index contributed by atoms with van der Waals surface area (Å²) in [7, 11) is 3.06. The predicted molar refractivity (Wildman–Crippen MR) is 167 cm³/mol. The highest BCUT2D eigenvalue weighted by molar-refractivity contribution is 8.00. The van der Waals surface area contributed by atoms with Gasteiger partial charge < -0.3 is 25.4 Å². The molecular formula is C33H30FN3O5S. The Balaban J connectivity index is 1.44. The Hall–Kier alpha value is -5.09. The lowest BCUT2D eigenvalue weighted by Gasteiger charge is -2.15. The molecule has 10 heteroatoms. The van der Waals surface area contributed by atoms with Crippen molar-refractivity contribution in [2.45, 2.75) is 17.1 Å². The molecule has 0 aliphatic carbocycles. The number of hydrogen-bond acceptors (Lipinski definition) is 6. The van der Waals surface area contributed by atoms with Gasteiger partial charge in [-0.2, -0.15) is 0 Å². The van der Waals surface area contributed by atoms with Crippen LogP contribution in [0.1, 0.15) is 22.8 Å². The summed E-state index contributed by atoms with van der Waals surface area (Å²) in [5, 5.41) is 7.74. The molecule has 0 radical (unpaired) electrons. The molecule has 0 saturated heterocycles. The van der Waals surface area contributed by atoms with Crippen molar-refractivity contribution in [2.75, 3.05) is 24.9 Å². The molecule has 43 heavy (non-hydrogen) atoms. The summed E-state index contributed by atoms with van der Waals surface area (Å²) in [6.07, 6.45) is 1.29. The Labute approximate surface area is 253 Å². The quantitative estimate of drug-likeness (QED) is 0.137. The number of benzene rings is 4. The van der Waals surface area contributed by atoms with Crippen molar-refractivity contribution in [1.82, 2.24) is 5.32 Å². The first-order valence-corrected chi connectivity index (χ1v) is 14.1. The fraction of sp³-hybridized carbons (Fsp3) is 0.121. The topological polar surface area (TPSA) is 106 Å². The van der Waals surface area contributed by atoms with Crippen molar-refractivity contribution in [3.63, 3.8) is 0 Å². The second kappa shape index (κ2) is 14.7. The lowest BCUT2D eigenvalue weighted by atomic mass is 10.1. The fourth-order valence-electron chi connectivity index (χ4n) is 3.91. The van der Waals surface area contributed by atoms with Gasteiger partial charge in [0.1, 0.15) is 23.0 Å². The lowest BCUT2D eigenvalue weighted by Crippen LogP contribution is -2.30. The van der Waals surface area contributed by atoms with Gasteiger partial charge in [-0.15, -0.1) is 11.8 Å². The van der Waals surface area contributed by atoms with Crippen LogP contribution in [0.4, 0.5) is 15.8 Å². The van der Waals surface area contributed by atoms with E-state index in [9.17, 15) is 18.8 Å². The average molecular weight is 600 g/mol. The van der Waals surface area contributed by atoms with E-state index in [2.05, 4.69) is 16.0 Å². The van der Waals surface area contributed by atoms with Gasteiger partial charge in [-0.3, -0.25) is 14.4 Å². The number of carbonyl (C=O) groups excluding carboxylic acids is 3. The SMILES string of the molecule is COc1ccc(OC)c(NC(=O)C(C)Sc2ccc(NC(=O)/C(=C/c3ccccc3F)NC(=O)c3ccccc3)cc2)c1. The van der Waals surface area contributed by atoms with Crippen molar-refractivity contribution in [2.24, 2.45) is 0 Å². The number of nitrogens with one attached hydrogen (secondary N) is 3.